The van der Waals surface area contributed by atoms with Crippen molar-refractivity contribution in [3.05, 3.63) is 64.1 Å². The third-order valence-electron chi connectivity index (χ3n) is 3.43. The van der Waals surface area contributed by atoms with Crippen LogP contribution in [0.25, 0.3) is 0 Å². The van der Waals surface area contributed by atoms with Crippen LogP contribution < -0.4 is 15.6 Å². The maximum absolute atomic E-state index is 12.1. The van der Waals surface area contributed by atoms with E-state index in [0.717, 1.165) is 16.9 Å². The molecule has 106 valence electrons. The second kappa shape index (κ2) is 6.39. The van der Waals surface area contributed by atoms with Gasteiger partial charge in [-0.1, -0.05) is 18.2 Å². The summed E-state index contributed by atoms with van der Waals surface area (Å²) < 4.78 is 6.98. The summed E-state index contributed by atoms with van der Waals surface area (Å²) in [6, 6.07) is 11.7. The van der Waals surface area contributed by atoms with Gasteiger partial charge in [0.25, 0.3) is 5.56 Å². The van der Waals surface area contributed by atoms with Gasteiger partial charge in [-0.2, -0.15) is 0 Å². The van der Waals surface area contributed by atoms with Gasteiger partial charge in [0.05, 0.1) is 13.2 Å². The minimum Gasteiger partial charge on any atom is -0.497 e. The number of nitrogens with zero attached hydrogens (tertiary/aromatic N) is 1. The summed E-state index contributed by atoms with van der Waals surface area (Å²) in [4.78, 5) is 12.1. The number of ether oxygens (including phenoxy) is 1. The van der Waals surface area contributed by atoms with Gasteiger partial charge in [-0.15, -0.1) is 0 Å². The summed E-state index contributed by atoms with van der Waals surface area (Å²) in [5, 5.41) is 3.25. The molecule has 0 fully saturated rings. The van der Waals surface area contributed by atoms with Crippen molar-refractivity contribution in [2.24, 2.45) is 0 Å². The van der Waals surface area contributed by atoms with E-state index in [4.69, 9.17) is 4.74 Å². The number of benzene rings is 1. The molecule has 0 saturated heterocycles. The van der Waals surface area contributed by atoms with Crippen LogP contribution >= 0.6 is 0 Å². The molecule has 1 atom stereocenters. The van der Waals surface area contributed by atoms with Gasteiger partial charge in [0.1, 0.15) is 5.75 Å². The van der Waals surface area contributed by atoms with Crippen LogP contribution in [0.1, 0.15) is 17.2 Å². The van der Waals surface area contributed by atoms with Crippen LogP contribution in [0.3, 0.4) is 0 Å². The molecule has 0 aliphatic heterocycles. The Kier molecular flexibility index (Phi) is 4.58. The normalized spacial score (nSPS) is 12.2. The van der Waals surface area contributed by atoms with Crippen LogP contribution in [0.2, 0.25) is 0 Å². The van der Waals surface area contributed by atoms with E-state index in [2.05, 4.69) is 5.32 Å². The fourth-order valence-corrected chi connectivity index (χ4v) is 2.22. The van der Waals surface area contributed by atoms with Gasteiger partial charge in [0.15, 0.2) is 0 Å². The monoisotopic (exact) mass is 272 g/mol. The van der Waals surface area contributed by atoms with E-state index in [0.29, 0.717) is 6.54 Å². The zero-order valence-corrected chi connectivity index (χ0v) is 12.1. The number of aryl methyl sites for hydroxylation is 1. The SMILES string of the molecule is CNC(Cn1cccc(C)c1=O)c1cccc(OC)c1. The third kappa shape index (κ3) is 3.08. The molecule has 1 aromatic heterocycles. The molecule has 1 unspecified atom stereocenters. The zero-order chi connectivity index (χ0) is 14.5. The number of pyridine rings is 1. The molecule has 0 saturated carbocycles. The number of rotatable bonds is 5. The first-order valence-electron chi connectivity index (χ1n) is 6.63. The number of hydrogen-bond acceptors (Lipinski definition) is 3. The van der Waals surface area contributed by atoms with Crippen molar-refractivity contribution in [3.8, 4) is 5.75 Å². The van der Waals surface area contributed by atoms with E-state index < -0.39 is 0 Å². The van der Waals surface area contributed by atoms with E-state index in [1.54, 1.807) is 11.7 Å². The lowest BCUT2D eigenvalue weighted by atomic mass is 10.1. The Labute approximate surface area is 119 Å². The second-order valence-electron chi connectivity index (χ2n) is 4.77. The summed E-state index contributed by atoms with van der Waals surface area (Å²) in [6.45, 7) is 2.42. The van der Waals surface area contributed by atoms with E-state index in [9.17, 15) is 4.79 Å². The summed E-state index contributed by atoms with van der Waals surface area (Å²) in [6.07, 6.45) is 1.82. The average Bonchev–Trinajstić information content (AvgIpc) is 2.49. The highest BCUT2D eigenvalue weighted by atomic mass is 16.5. The van der Waals surface area contributed by atoms with Gasteiger partial charge in [-0.05, 0) is 37.7 Å². The van der Waals surface area contributed by atoms with Crippen LogP contribution in [0, 0.1) is 6.92 Å². The van der Waals surface area contributed by atoms with Crippen molar-refractivity contribution in [1.29, 1.82) is 0 Å². The predicted octanol–water partition coefficient (Wildman–Crippen LogP) is 2.13. The van der Waals surface area contributed by atoms with Crippen molar-refractivity contribution in [3.63, 3.8) is 0 Å². The number of aromatic nitrogens is 1. The molecule has 4 heteroatoms. The topological polar surface area (TPSA) is 43.3 Å². The van der Waals surface area contributed by atoms with Crippen LogP contribution in [0.4, 0.5) is 0 Å². The Balaban J connectivity index is 2.28. The largest absolute Gasteiger partial charge is 0.497 e. The fraction of sp³-hybridized carbons (Fsp3) is 0.312. The molecule has 0 amide bonds. The Morgan fingerprint density at radius 1 is 1.30 bits per heavy atom. The van der Waals surface area contributed by atoms with E-state index in [1.165, 1.54) is 0 Å². The van der Waals surface area contributed by atoms with E-state index in [1.807, 2.05) is 56.6 Å². The minimum absolute atomic E-state index is 0.0515. The van der Waals surface area contributed by atoms with E-state index >= 15 is 0 Å². The van der Waals surface area contributed by atoms with Crippen molar-refractivity contribution in [2.75, 3.05) is 14.2 Å². The summed E-state index contributed by atoms with van der Waals surface area (Å²) in [5.41, 5.74) is 1.91. The molecule has 2 rings (SSSR count). The Hall–Kier alpha value is -2.07. The maximum Gasteiger partial charge on any atom is 0.253 e. The standard InChI is InChI=1S/C16H20N2O2/c1-12-6-5-9-18(16(12)19)11-15(17-2)13-7-4-8-14(10-13)20-3/h4-10,15,17H,11H2,1-3H3. The molecule has 4 nitrogen and oxygen atoms in total. The quantitative estimate of drug-likeness (QED) is 0.906. The van der Waals surface area contributed by atoms with Crippen LogP contribution in [0.5, 0.6) is 5.75 Å². The molecular weight excluding hydrogens is 252 g/mol. The van der Waals surface area contributed by atoms with Crippen molar-refractivity contribution in [2.45, 2.75) is 19.5 Å². The number of likely N-dealkylation sites (N-methyl/N-ethyl adjacent to an activating group) is 1. The highest BCUT2D eigenvalue weighted by molar-refractivity contribution is 5.30. The molecule has 0 aliphatic rings. The van der Waals surface area contributed by atoms with Gasteiger partial charge in [-0.3, -0.25) is 4.79 Å². The molecular formula is C16H20N2O2. The molecule has 0 radical (unpaired) electrons. The molecule has 1 aromatic carbocycles. The molecule has 2 aromatic rings. The Morgan fingerprint density at radius 2 is 2.10 bits per heavy atom. The highest BCUT2D eigenvalue weighted by Crippen LogP contribution is 2.19. The van der Waals surface area contributed by atoms with E-state index in [-0.39, 0.29) is 11.6 Å². The van der Waals surface area contributed by atoms with Gasteiger partial charge >= 0.3 is 0 Å². The molecule has 0 spiro atoms. The lowest BCUT2D eigenvalue weighted by molar-refractivity contribution is 0.412. The first-order chi connectivity index (χ1) is 9.65. The van der Waals surface area contributed by atoms with Crippen molar-refractivity contribution >= 4 is 0 Å². The number of nitrogens with one attached hydrogen (secondary N) is 1. The van der Waals surface area contributed by atoms with Gasteiger partial charge in [-0.25, -0.2) is 0 Å². The maximum atomic E-state index is 12.1. The predicted molar refractivity (Wildman–Crippen MR) is 80.2 cm³/mol. The van der Waals surface area contributed by atoms with Crippen LogP contribution in [0.15, 0.2) is 47.4 Å². The fourth-order valence-electron chi connectivity index (χ4n) is 2.22. The van der Waals surface area contributed by atoms with Gasteiger partial charge in [0.2, 0.25) is 0 Å². The van der Waals surface area contributed by atoms with Crippen LogP contribution in [-0.2, 0) is 6.54 Å². The molecule has 0 aliphatic carbocycles. The third-order valence-corrected chi connectivity index (χ3v) is 3.43. The van der Waals surface area contributed by atoms with Crippen molar-refractivity contribution < 1.29 is 4.74 Å². The minimum atomic E-state index is 0.0515. The number of methoxy groups -OCH3 is 1. The lowest BCUT2D eigenvalue weighted by Gasteiger charge is -2.19. The average molecular weight is 272 g/mol. The Bertz CT molecular complexity index is 634. The van der Waals surface area contributed by atoms with Gasteiger partial charge < -0.3 is 14.6 Å². The second-order valence-corrected chi connectivity index (χ2v) is 4.77. The molecule has 1 heterocycles. The molecule has 20 heavy (non-hydrogen) atoms. The Morgan fingerprint density at radius 3 is 2.80 bits per heavy atom. The molecule has 0 bridgehead atoms. The summed E-state index contributed by atoms with van der Waals surface area (Å²) >= 11 is 0. The molecule has 1 N–H and O–H groups in total. The lowest BCUT2D eigenvalue weighted by Crippen LogP contribution is -2.29. The smallest absolute Gasteiger partial charge is 0.253 e. The van der Waals surface area contributed by atoms with Gasteiger partial charge in [0, 0.05) is 18.3 Å². The first-order valence-corrected chi connectivity index (χ1v) is 6.63. The number of hydrogen-bond donors (Lipinski definition) is 1. The highest BCUT2D eigenvalue weighted by Gasteiger charge is 2.12. The summed E-state index contributed by atoms with van der Waals surface area (Å²) in [7, 11) is 3.55. The van der Waals surface area contributed by atoms with Crippen molar-refractivity contribution in [1.82, 2.24) is 9.88 Å². The zero-order valence-electron chi connectivity index (χ0n) is 12.1. The first kappa shape index (κ1) is 14.3. The summed E-state index contributed by atoms with van der Waals surface area (Å²) in [5.74, 6) is 0.819. The van der Waals surface area contributed by atoms with Crippen LogP contribution in [-0.4, -0.2) is 18.7 Å².